The van der Waals surface area contributed by atoms with E-state index in [0.717, 1.165) is 11.1 Å². The minimum absolute atomic E-state index is 0.279. The zero-order valence-electron chi connectivity index (χ0n) is 9.67. The molecule has 18 heavy (non-hydrogen) atoms. The molecule has 0 spiro atoms. The van der Waals surface area contributed by atoms with E-state index in [1.54, 1.807) is 12.1 Å². The summed E-state index contributed by atoms with van der Waals surface area (Å²) in [5, 5.41) is 0. The molecule has 0 amide bonds. The predicted octanol–water partition coefficient (Wildman–Crippen LogP) is 3.82. The van der Waals surface area contributed by atoms with Crippen LogP contribution in [0.1, 0.15) is 5.56 Å². The Morgan fingerprint density at radius 1 is 1.00 bits per heavy atom. The highest BCUT2D eigenvalue weighted by atomic mass is 19.1. The molecule has 0 saturated carbocycles. The van der Waals surface area contributed by atoms with Crippen molar-refractivity contribution in [3.05, 3.63) is 53.6 Å². The zero-order valence-corrected chi connectivity index (χ0v) is 9.67. The Balaban J connectivity index is 2.19. The molecule has 3 aromatic rings. The third-order valence-corrected chi connectivity index (χ3v) is 2.89. The topological polar surface area (TPSA) is 28.7 Å². The smallest absolute Gasteiger partial charge is 0.138 e. The summed E-state index contributed by atoms with van der Waals surface area (Å²) in [6.07, 6.45) is 0. The monoisotopic (exact) mass is 244 g/mol. The van der Waals surface area contributed by atoms with Gasteiger partial charge in [-0.1, -0.05) is 0 Å². The SMILES string of the molecule is Cc1cc(F)ccc1-c1nc2ccc(F)cc2[nH]1. The number of rotatable bonds is 1. The maximum Gasteiger partial charge on any atom is 0.138 e. The van der Waals surface area contributed by atoms with Gasteiger partial charge in [-0.15, -0.1) is 0 Å². The minimum Gasteiger partial charge on any atom is -0.338 e. The molecule has 2 aromatic carbocycles. The van der Waals surface area contributed by atoms with Crippen LogP contribution >= 0.6 is 0 Å². The van der Waals surface area contributed by atoms with E-state index in [1.165, 1.54) is 24.3 Å². The Morgan fingerprint density at radius 2 is 1.72 bits per heavy atom. The summed E-state index contributed by atoms with van der Waals surface area (Å²) >= 11 is 0. The third kappa shape index (κ3) is 1.76. The number of hydrogen-bond acceptors (Lipinski definition) is 1. The molecule has 1 N–H and O–H groups in total. The molecule has 3 rings (SSSR count). The molecule has 0 atom stereocenters. The summed E-state index contributed by atoms with van der Waals surface area (Å²) in [6.45, 7) is 1.81. The summed E-state index contributed by atoms with van der Waals surface area (Å²) in [5.41, 5.74) is 2.92. The van der Waals surface area contributed by atoms with Gasteiger partial charge in [0.25, 0.3) is 0 Å². The van der Waals surface area contributed by atoms with Gasteiger partial charge in [0, 0.05) is 5.56 Å². The van der Waals surface area contributed by atoms with Gasteiger partial charge in [-0.2, -0.15) is 0 Å². The fraction of sp³-hybridized carbons (Fsp3) is 0.0714. The number of H-pyrrole nitrogens is 1. The number of halogens is 2. The molecule has 0 saturated heterocycles. The Bertz CT molecular complexity index is 732. The summed E-state index contributed by atoms with van der Waals surface area (Å²) < 4.78 is 26.1. The Morgan fingerprint density at radius 3 is 2.50 bits per heavy atom. The van der Waals surface area contributed by atoms with Crippen molar-refractivity contribution in [1.82, 2.24) is 9.97 Å². The van der Waals surface area contributed by atoms with E-state index in [2.05, 4.69) is 9.97 Å². The van der Waals surface area contributed by atoms with Crippen molar-refractivity contribution in [2.75, 3.05) is 0 Å². The van der Waals surface area contributed by atoms with Crippen molar-refractivity contribution < 1.29 is 8.78 Å². The van der Waals surface area contributed by atoms with Crippen LogP contribution in [0.4, 0.5) is 8.78 Å². The molecule has 0 radical (unpaired) electrons. The third-order valence-electron chi connectivity index (χ3n) is 2.89. The van der Waals surface area contributed by atoms with E-state index in [0.29, 0.717) is 16.9 Å². The van der Waals surface area contributed by atoms with Crippen LogP contribution in [0, 0.1) is 18.6 Å². The minimum atomic E-state index is -0.312. The van der Waals surface area contributed by atoms with Crippen LogP contribution in [0.3, 0.4) is 0 Å². The largest absolute Gasteiger partial charge is 0.338 e. The molecule has 0 unspecified atom stereocenters. The first-order valence-corrected chi connectivity index (χ1v) is 5.55. The lowest BCUT2D eigenvalue weighted by Gasteiger charge is -2.01. The van der Waals surface area contributed by atoms with Crippen LogP contribution in [0.5, 0.6) is 0 Å². The maximum absolute atomic E-state index is 13.1. The molecule has 90 valence electrons. The number of nitrogens with zero attached hydrogens (tertiary/aromatic N) is 1. The number of nitrogens with one attached hydrogen (secondary N) is 1. The van der Waals surface area contributed by atoms with Crippen molar-refractivity contribution >= 4 is 11.0 Å². The summed E-state index contributed by atoms with van der Waals surface area (Å²) in [6, 6.07) is 8.87. The number of benzene rings is 2. The van der Waals surface area contributed by atoms with Crippen molar-refractivity contribution in [1.29, 1.82) is 0 Å². The molecule has 4 heteroatoms. The second kappa shape index (κ2) is 3.91. The number of fused-ring (bicyclic) bond motifs is 1. The number of aromatic amines is 1. The van der Waals surface area contributed by atoms with Crippen LogP contribution in [0.2, 0.25) is 0 Å². The van der Waals surface area contributed by atoms with Crippen LogP contribution in [-0.2, 0) is 0 Å². The van der Waals surface area contributed by atoms with Crippen LogP contribution in [-0.4, -0.2) is 9.97 Å². The summed E-state index contributed by atoms with van der Waals surface area (Å²) in [7, 11) is 0. The predicted molar refractivity (Wildman–Crippen MR) is 66.2 cm³/mol. The quantitative estimate of drug-likeness (QED) is 0.692. The highest BCUT2D eigenvalue weighted by molar-refractivity contribution is 5.79. The second-order valence-electron chi connectivity index (χ2n) is 4.21. The first-order valence-electron chi connectivity index (χ1n) is 5.55. The average molecular weight is 244 g/mol. The Hall–Kier alpha value is -2.23. The normalized spacial score (nSPS) is 11.1. The lowest BCUT2D eigenvalue weighted by molar-refractivity contribution is 0.627. The Labute approximate surface area is 102 Å². The van der Waals surface area contributed by atoms with E-state index in [-0.39, 0.29) is 11.6 Å². The van der Waals surface area contributed by atoms with Crippen molar-refractivity contribution in [3.63, 3.8) is 0 Å². The van der Waals surface area contributed by atoms with E-state index < -0.39 is 0 Å². The molecule has 1 heterocycles. The fourth-order valence-electron chi connectivity index (χ4n) is 2.00. The van der Waals surface area contributed by atoms with Crippen LogP contribution in [0.15, 0.2) is 36.4 Å². The van der Waals surface area contributed by atoms with Crippen molar-refractivity contribution in [2.45, 2.75) is 6.92 Å². The van der Waals surface area contributed by atoms with E-state index >= 15 is 0 Å². The van der Waals surface area contributed by atoms with Gasteiger partial charge in [-0.05, 0) is 48.9 Å². The molecule has 1 aromatic heterocycles. The number of aromatic nitrogens is 2. The molecule has 0 bridgehead atoms. The number of aryl methyl sites for hydroxylation is 1. The van der Waals surface area contributed by atoms with Gasteiger partial charge in [0.15, 0.2) is 0 Å². The molecule has 0 fully saturated rings. The van der Waals surface area contributed by atoms with E-state index in [1.807, 2.05) is 6.92 Å². The second-order valence-corrected chi connectivity index (χ2v) is 4.21. The van der Waals surface area contributed by atoms with Gasteiger partial charge in [-0.3, -0.25) is 0 Å². The standard InChI is InChI=1S/C14H10F2N2/c1-8-6-9(15)2-4-11(8)14-17-12-5-3-10(16)7-13(12)18-14/h2-7H,1H3,(H,17,18). The van der Waals surface area contributed by atoms with Gasteiger partial charge in [0.2, 0.25) is 0 Å². The van der Waals surface area contributed by atoms with E-state index in [4.69, 9.17) is 0 Å². The maximum atomic E-state index is 13.1. The zero-order chi connectivity index (χ0) is 12.7. The average Bonchev–Trinajstić information content (AvgIpc) is 2.71. The first-order chi connectivity index (χ1) is 8.63. The van der Waals surface area contributed by atoms with Crippen molar-refractivity contribution in [3.8, 4) is 11.4 Å². The van der Waals surface area contributed by atoms with Crippen LogP contribution in [0.25, 0.3) is 22.4 Å². The molecular weight excluding hydrogens is 234 g/mol. The lowest BCUT2D eigenvalue weighted by atomic mass is 10.1. The lowest BCUT2D eigenvalue weighted by Crippen LogP contribution is -1.86. The molecular formula is C14H10F2N2. The van der Waals surface area contributed by atoms with Crippen LogP contribution < -0.4 is 0 Å². The number of hydrogen-bond donors (Lipinski definition) is 1. The van der Waals surface area contributed by atoms with Gasteiger partial charge in [0.1, 0.15) is 17.5 Å². The highest BCUT2D eigenvalue weighted by Crippen LogP contribution is 2.24. The first kappa shape index (κ1) is 10.9. The van der Waals surface area contributed by atoms with E-state index in [9.17, 15) is 8.78 Å². The molecule has 2 nitrogen and oxygen atoms in total. The summed E-state index contributed by atoms with van der Waals surface area (Å²) in [5.74, 6) is 0.0278. The summed E-state index contributed by atoms with van der Waals surface area (Å²) in [4.78, 5) is 7.41. The fourth-order valence-corrected chi connectivity index (χ4v) is 2.00. The van der Waals surface area contributed by atoms with Crippen molar-refractivity contribution in [2.24, 2.45) is 0 Å². The van der Waals surface area contributed by atoms with Gasteiger partial charge in [0.05, 0.1) is 11.0 Å². The van der Waals surface area contributed by atoms with Gasteiger partial charge >= 0.3 is 0 Å². The Kier molecular flexibility index (Phi) is 2.37. The molecule has 0 aliphatic rings. The van der Waals surface area contributed by atoms with Gasteiger partial charge in [-0.25, -0.2) is 13.8 Å². The molecule has 0 aliphatic carbocycles. The highest BCUT2D eigenvalue weighted by Gasteiger charge is 2.08. The number of imidazole rings is 1. The molecule has 0 aliphatic heterocycles. The van der Waals surface area contributed by atoms with Gasteiger partial charge < -0.3 is 4.98 Å².